The molecule has 0 atom stereocenters. The van der Waals surface area contributed by atoms with Crippen molar-refractivity contribution >= 4 is 68.7 Å². The molecule has 9 heteroatoms. The van der Waals surface area contributed by atoms with E-state index in [9.17, 15) is 14.4 Å². The number of carbonyl (C=O) groups is 3. The summed E-state index contributed by atoms with van der Waals surface area (Å²) in [5.74, 6) is -0.961. The molecule has 0 spiro atoms. The molecule has 3 aromatic rings. The summed E-state index contributed by atoms with van der Waals surface area (Å²) in [6.07, 6.45) is 2.04. The molecule has 0 aliphatic carbocycles. The maximum atomic E-state index is 13.1. The van der Waals surface area contributed by atoms with Crippen LogP contribution < -0.4 is 15.0 Å². The van der Waals surface area contributed by atoms with Crippen LogP contribution in [-0.4, -0.2) is 25.0 Å². The number of benzene rings is 3. The highest BCUT2D eigenvalue weighted by atomic mass is 79.9. The minimum absolute atomic E-state index is 0.174. The lowest BCUT2D eigenvalue weighted by Gasteiger charge is -2.26. The Balaban J connectivity index is 1.67. The Hall–Kier alpha value is -3.13. The smallest absolute Gasteiger partial charge is 0.335 e. The lowest BCUT2D eigenvalue weighted by molar-refractivity contribution is -0.122. The first kappa shape index (κ1) is 24.0. The Morgan fingerprint density at radius 1 is 0.971 bits per heavy atom. The van der Waals surface area contributed by atoms with Gasteiger partial charge in [0.25, 0.3) is 11.8 Å². The van der Waals surface area contributed by atoms with Crippen molar-refractivity contribution < 1.29 is 19.1 Å². The normalized spacial score (nSPS) is 15.0. The van der Waals surface area contributed by atoms with Gasteiger partial charge in [0.1, 0.15) is 11.3 Å². The van der Waals surface area contributed by atoms with Crippen molar-refractivity contribution in [2.45, 2.75) is 6.42 Å². The summed E-state index contributed by atoms with van der Waals surface area (Å²) in [4.78, 5) is 38.8. The average Bonchev–Trinajstić information content (AvgIpc) is 2.81. The van der Waals surface area contributed by atoms with Crippen LogP contribution in [0.25, 0.3) is 6.08 Å². The number of methoxy groups -OCH3 is 1. The number of nitrogens with zero attached hydrogens (tertiary/aromatic N) is 1. The Morgan fingerprint density at radius 2 is 1.74 bits per heavy atom. The van der Waals surface area contributed by atoms with Crippen molar-refractivity contribution in [2.75, 3.05) is 12.0 Å². The molecule has 0 bridgehead atoms. The van der Waals surface area contributed by atoms with Gasteiger partial charge < -0.3 is 4.74 Å². The van der Waals surface area contributed by atoms with Crippen molar-refractivity contribution in [3.8, 4) is 5.75 Å². The van der Waals surface area contributed by atoms with E-state index in [0.717, 1.165) is 20.5 Å². The second-order valence-electron chi connectivity index (χ2n) is 7.40. The standard InChI is InChI=1S/C25H17BrCl2N2O4/c1-34-22-11-14(6-7-16(22)12-15-4-2-3-5-19(15)26)10-18-23(31)29-25(33)30(24(18)32)17-8-9-20(27)21(28)13-17/h2-11,13H,12H2,1H3,(H,29,31,33)/b18-10+. The van der Waals surface area contributed by atoms with Gasteiger partial charge in [0, 0.05) is 10.9 Å². The highest BCUT2D eigenvalue weighted by Gasteiger charge is 2.37. The molecule has 1 N–H and O–H groups in total. The summed E-state index contributed by atoms with van der Waals surface area (Å²) >= 11 is 15.5. The van der Waals surface area contributed by atoms with Gasteiger partial charge in [0.05, 0.1) is 22.8 Å². The molecule has 172 valence electrons. The highest BCUT2D eigenvalue weighted by Crippen LogP contribution is 2.31. The molecule has 4 amide bonds. The monoisotopic (exact) mass is 558 g/mol. The molecular weight excluding hydrogens is 543 g/mol. The Labute approximate surface area is 214 Å². The van der Waals surface area contributed by atoms with E-state index < -0.39 is 17.8 Å². The van der Waals surface area contributed by atoms with Crippen LogP contribution in [0, 0.1) is 0 Å². The number of urea groups is 1. The molecule has 0 radical (unpaired) electrons. The maximum absolute atomic E-state index is 13.1. The summed E-state index contributed by atoms with van der Waals surface area (Å²) in [6.45, 7) is 0. The number of rotatable bonds is 5. The van der Waals surface area contributed by atoms with Crippen molar-refractivity contribution in [1.82, 2.24) is 5.32 Å². The molecule has 4 rings (SSSR count). The molecule has 0 saturated carbocycles. The minimum Gasteiger partial charge on any atom is -0.496 e. The second-order valence-corrected chi connectivity index (χ2v) is 9.06. The van der Waals surface area contributed by atoms with Gasteiger partial charge in [-0.25, -0.2) is 9.69 Å². The summed E-state index contributed by atoms with van der Waals surface area (Å²) in [7, 11) is 1.55. The molecule has 1 heterocycles. The fourth-order valence-corrected chi connectivity index (χ4v) is 4.24. The van der Waals surface area contributed by atoms with E-state index in [-0.39, 0.29) is 21.3 Å². The summed E-state index contributed by atoms with van der Waals surface area (Å²) in [5.41, 5.74) is 2.57. The fourth-order valence-electron chi connectivity index (χ4n) is 3.53. The van der Waals surface area contributed by atoms with Gasteiger partial charge in [-0.1, -0.05) is 69.5 Å². The lowest BCUT2D eigenvalue weighted by atomic mass is 10.0. The number of hydrogen-bond acceptors (Lipinski definition) is 4. The third-order valence-electron chi connectivity index (χ3n) is 5.22. The van der Waals surface area contributed by atoms with Crippen molar-refractivity contribution in [1.29, 1.82) is 0 Å². The molecule has 6 nitrogen and oxygen atoms in total. The molecule has 34 heavy (non-hydrogen) atoms. The first-order valence-corrected chi connectivity index (χ1v) is 11.6. The van der Waals surface area contributed by atoms with Gasteiger partial charge in [0.15, 0.2) is 0 Å². The summed E-state index contributed by atoms with van der Waals surface area (Å²) < 4.78 is 6.54. The molecular formula is C25H17BrCl2N2O4. The number of halogens is 3. The Kier molecular flexibility index (Phi) is 7.07. The zero-order valence-corrected chi connectivity index (χ0v) is 20.9. The summed E-state index contributed by atoms with van der Waals surface area (Å²) in [5, 5.41) is 2.64. The molecule has 1 fully saturated rings. The Morgan fingerprint density at radius 3 is 2.44 bits per heavy atom. The number of nitrogens with one attached hydrogen (secondary N) is 1. The van der Waals surface area contributed by atoms with Crippen LogP contribution in [-0.2, 0) is 16.0 Å². The van der Waals surface area contributed by atoms with E-state index >= 15 is 0 Å². The zero-order valence-electron chi connectivity index (χ0n) is 17.8. The topological polar surface area (TPSA) is 75.7 Å². The number of barbiturate groups is 1. The number of imide groups is 2. The molecule has 0 aromatic heterocycles. The van der Waals surface area contributed by atoms with Crippen LogP contribution in [0.5, 0.6) is 5.75 Å². The SMILES string of the molecule is COc1cc(/C=C2\C(=O)NC(=O)N(c3ccc(Cl)c(Cl)c3)C2=O)ccc1Cc1ccccc1Br. The predicted molar refractivity (Wildman–Crippen MR) is 135 cm³/mol. The van der Waals surface area contributed by atoms with Crippen molar-refractivity contribution in [2.24, 2.45) is 0 Å². The molecule has 1 aliphatic rings. The minimum atomic E-state index is -0.869. The van der Waals surface area contributed by atoms with E-state index in [1.807, 2.05) is 30.3 Å². The maximum Gasteiger partial charge on any atom is 0.335 e. The third-order valence-corrected chi connectivity index (χ3v) is 6.74. The Bertz CT molecular complexity index is 1360. The van der Waals surface area contributed by atoms with Gasteiger partial charge in [0.2, 0.25) is 0 Å². The molecule has 1 saturated heterocycles. The van der Waals surface area contributed by atoms with Gasteiger partial charge in [-0.15, -0.1) is 0 Å². The van der Waals surface area contributed by atoms with Crippen LogP contribution in [0.3, 0.4) is 0 Å². The predicted octanol–water partition coefficient (Wildman–Crippen LogP) is 6.02. The lowest BCUT2D eigenvalue weighted by Crippen LogP contribution is -2.54. The average molecular weight is 560 g/mol. The van der Waals surface area contributed by atoms with E-state index in [2.05, 4.69) is 21.2 Å². The van der Waals surface area contributed by atoms with Crippen LogP contribution in [0.2, 0.25) is 10.0 Å². The van der Waals surface area contributed by atoms with Crippen LogP contribution in [0.1, 0.15) is 16.7 Å². The van der Waals surface area contributed by atoms with E-state index in [1.165, 1.54) is 24.3 Å². The van der Waals surface area contributed by atoms with E-state index in [0.29, 0.717) is 17.7 Å². The first-order valence-electron chi connectivity index (χ1n) is 10.1. The number of ether oxygens (including phenoxy) is 1. The van der Waals surface area contributed by atoms with Crippen LogP contribution >= 0.6 is 39.1 Å². The second kappa shape index (κ2) is 10.0. The van der Waals surface area contributed by atoms with Crippen LogP contribution in [0.4, 0.5) is 10.5 Å². The van der Waals surface area contributed by atoms with E-state index in [4.69, 9.17) is 27.9 Å². The molecule has 3 aromatic carbocycles. The largest absolute Gasteiger partial charge is 0.496 e. The van der Waals surface area contributed by atoms with Crippen molar-refractivity contribution in [3.63, 3.8) is 0 Å². The van der Waals surface area contributed by atoms with E-state index in [1.54, 1.807) is 19.2 Å². The van der Waals surface area contributed by atoms with Crippen LogP contribution in [0.15, 0.2) is 70.7 Å². The molecule has 1 aliphatic heterocycles. The number of carbonyl (C=O) groups excluding carboxylic acids is 3. The number of hydrogen-bond donors (Lipinski definition) is 1. The third kappa shape index (κ3) is 4.87. The summed E-state index contributed by atoms with van der Waals surface area (Å²) in [6, 6.07) is 16.7. The van der Waals surface area contributed by atoms with Gasteiger partial charge in [-0.2, -0.15) is 0 Å². The number of anilines is 1. The van der Waals surface area contributed by atoms with Gasteiger partial charge in [-0.05, 0) is 53.1 Å². The number of amides is 4. The van der Waals surface area contributed by atoms with Gasteiger partial charge >= 0.3 is 6.03 Å². The highest BCUT2D eigenvalue weighted by molar-refractivity contribution is 9.10. The molecule has 0 unspecified atom stereocenters. The quantitative estimate of drug-likeness (QED) is 0.306. The fraction of sp³-hybridized carbons (Fsp3) is 0.0800. The first-order chi connectivity index (χ1) is 16.3. The zero-order chi connectivity index (χ0) is 24.4. The van der Waals surface area contributed by atoms with Crippen molar-refractivity contribution in [3.05, 3.63) is 97.4 Å². The van der Waals surface area contributed by atoms with Gasteiger partial charge in [-0.3, -0.25) is 14.9 Å².